The molecule has 0 aliphatic heterocycles. The molecule has 1 amide bonds. The summed E-state index contributed by atoms with van der Waals surface area (Å²) in [6.07, 6.45) is 1.29. The molecule has 0 aromatic heterocycles. The molecule has 0 aliphatic rings. The molecule has 2 N–H and O–H groups in total. The van der Waals surface area contributed by atoms with Crippen LogP contribution < -0.4 is 10.6 Å². The van der Waals surface area contributed by atoms with Gasteiger partial charge in [0, 0.05) is 18.7 Å². The number of hydrogen-bond donors (Lipinski definition) is 2. The highest BCUT2D eigenvalue weighted by Crippen LogP contribution is 2.16. The smallest absolute Gasteiger partial charge is 0.226 e. The molecule has 112 valence electrons. The predicted octanol–water partition coefficient (Wildman–Crippen LogP) is 3.56. The first-order valence-corrected chi connectivity index (χ1v) is 7.35. The zero-order chi connectivity index (χ0) is 15.8. The molecule has 0 atom stereocenters. The number of hydrogen-bond acceptors (Lipinski definition) is 3. The molecule has 0 heterocycles. The first kappa shape index (κ1) is 15.6. The van der Waals surface area contributed by atoms with Crippen LogP contribution in [0.3, 0.4) is 0 Å². The number of rotatable bonds is 6. The third kappa shape index (κ3) is 4.10. The van der Waals surface area contributed by atoms with E-state index in [4.69, 9.17) is 5.26 Å². The molecule has 2 aromatic carbocycles. The van der Waals surface area contributed by atoms with E-state index < -0.39 is 0 Å². The molecule has 0 saturated carbocycles. The number of para-hydroxylation sites is 2. The van der Waals surface area contributed by atoms with Crippen molar-refractivity contribution in [2.75, 3.05) is 17.2 Å². The maximum absolute atomic E-state index is 12.0. The second kappa shape index (κ2) is 7.84. The molecule has 2 aromatic rings. The largest absolute Gasteiger partial charge is 0.384 e. The van der Waals surface area contributed by atoms with E-state index in [0.717, 1.165) is 12.1 Å². The number of nitrogens with zero attached hydrogens (tertiary/aromatic N) is 1. The van der Waals surface area contributed by atoms with Crippen LogP contribution in [0.1, 0.15) is 24.5 Å². The van der Waals surface area contributed by atoms with Crippen LogP contribution in [0, 0.1) is 11.3 Å². The lowest BCUT2D eigenvalue weighted by molar-refractivity contribution is -0.115. The van der Waals surface area contributed by atoms with Crippen LogP contribution in [0.5, 0.6) is 0 Å². The van der Waals surface area contributed by atoms with Gasteiger partial charge in [-0.3, -0.25) is 4.79 Å². The van der Waals surface area contributed by atoms with Crippen LogP contribution >= 0.6 is 0 Å². The Hall–Kier alpha value is -2.80. The molecule has 0 aliphatic carbocycles. The molecule has 0 saturated heterocycles. The Labute approximate surface area is 130 Å². The van der Waals surface area contributed by atoms with E-state index in [1.165, 1.54) is 5.56 Å². The zero-order valence-electron chi connectivity index (χ0n) is 12.6. The fourth-order valence-electron chi connectivity index (χ4n) is 2.21. The van der Waals surface area contributed by atoms with E-state index in [1.807, 2.05) is 18.2 Å². The number of carbonyl (C=O) groups excluding carboxylic acids is 1. The molecule has 0 spiro atoms. The average molecular weight is 293 g/mol. The Kier molecular flexibility index (Phi) is 5.56. The lowest BCUT2D eigenvalue weighted by Gasteiger charge is -2.11. The second-order valence-electron chi connectivity index (χ2n) is 4.89. The van der Waals surface area contributed by atoms with Gasteiger partial charge in [0.15, 0.2) is 0 Å². The number of nitrogens with one attached hydrogen (secondary N) is 2. The van der Waals surface area contributed by atoms with Crippen LogP contribution in [0.15, 0.2) is 48.5 Å². The average Bonchev–Trinajstić information content (AvgIpc) is 2.55. The fraction of sp³-hybridized carbons (Fsp3) is 0.222. The summed E-state index contributed by atoms with van der Waals surface area (Å²) in [5, 5.41) is 15.1. The van der Waals surface area contributed by atoms with E-state index in [2.05, 4.69) is 29.7 Å². The molecule has 22 heavy (non-hydrogen) atoms. The number of nitriles is 1. The summed E-state index contributed by atoms with van der Waals surface area (Å²) in [4.78, 5) is 12.0. The Morgan fingerprint density at radius 2 is 1.77 bits per heavy atom. The summed E-state index contributed by atoms with van der Waals surface area (Å²) in [5.74, 6) is -0.107. The number of anilines is 2. The molecule has 2 rings (SSSR count). The minimum absolute atomic E-state index is 0.107. The number of aryl methyl sites for hydroxylation is 1. The fourth-order valence-corrected chi connectivity index (χ4v) is 2.21. The van der Waals surface area contributed by atoms with E-state index in [9.17, 15) is 4.79 Å². The summed E-state index contributed by atoms with van der Waals surface area (Å²) < 4.78 is 0. The van der Waals surface area contributed by atoms with Crippen molar-refractivity contribution in [3.05, 3.63) is 59.7 Å². The lowest BCUT2D eigenvalue weighted by Crippen LogP contribution is -2.17. The third-order valence-corrected chi connectivity index (χ3v) is 3.39. The molecule has 4 nitrogen and oxygen atoms in total. The Morgan fingerprint density at radius 3 is 2.50 bits per heavy atom. The van der Waals surface area contributed by atoms with Crippen molar-refractivity contribution in [3.8, 4) is 6.07 Å². The van der Waals surface area contributed by atoms with Gasteiger partial charge in [0.1, 0.15) is 6.07 Å². The summed E-state index contributed by atoms with van der Waals surface area (Å²) >= 11 is 0. The first-order chi connectivity index (χ1) is 10.7. The zero-order valence-corrected chi connectivity index (χ0v) is 12.6. The van der Waals surface area contributed by atoms with E-state index >= 15 is 0 Å². The van der Waals surface area contributed by atoms with Crippen LogP contribution in [0.2, 0.25) is 0 Å². The molecule has 0 bridgehead atoms. The van der Waals surface area contributed by atoms with E-state index in [-0.39, 0.29) is 5.91 Å². The molecule has 0 unspecified atom stereocenters. The van der Waals surface area contributed by atoms with E-state index in [1.54, 1.807) is 24.3 Å². The SMILES string of the molecule is CCc1ccccc1NCCC(=O)Nc1ccccc1C#N. The minimum Gasteiger partial charge on any atom is -0.384 e. The quantitative estimate of drug-likeness (QED) is 0.856. The summed E-state index contributed by atoms with van der Waals surface area (Å²) in [6, 6.07) is 17.1. The van der Waals surface area contributed by atoms with Gasteiger partial charge in [-0.25, -0.2) is 0 Å². The maximum Gasteiger partial charge on any atom is 0.226 e. The summed E-state index contributed by atoms with van der Waals surface area (Å²) in [5.41, 5.74) is 3.33. The summed E-state index contributed by atoms with van der Waals surface area (Å²) in [6.45, 7) is 2.66. The molecule has 0 fully saturated rings. The lowest BCUT2D eigenvalue weighted by atomic mass is 10.1. The van der Waals surface area contributed by atoms with Crippen molar-refractivity contribution in [1.82, 2.24) is 0 Å². The molecule has 0 radical (unpaired) electrons. The second-order valence-corrected chi connectivity index (χ2v) is 4.89. The highest BCUT2D eigenvalue weighted by molar-refractivity contribution is 5.92. The summed E-state index contributed by atoms with van der Waals surface area (Å²) in [7, 11) is 0. The Bertz CT molecular complexity index is 689. The Morgan fingerprint density at radius 1 is 1.09 bits per heavy atom. The van der Waals surface area contributed by atoms with Gasteiger partial charge in [-0.2, -0.15) is 5.26 Å². The van der Waals surface area contributed by atoms with Gasteiger partial charge in [0.25, 0.3) is 0 Å². The normalized spacial score (nSPS) is 9.82. The predicted molar refractivity (Wildman–Crippen MR) is 88.7 cm³/mol. The van der Waals surface area contributed by atoms with Gasteiger partial charge in [-0.05, 0) is 30.2 Å². The topological polar surface area (TPSA) is 64.9 Å². The molecular weight excluding hydrogens is 274 g/mol. The number of benzene rings is 2. The van der Waals surface area contributed by atoms with Crippen LogP contribution in [-0.2, 0) is 11.2 Å². The maximum atomic E-state index is 12.0. The number of carbonyl (C=O) groups is 1. The number of amides is 1. The standard InChI is InChI=1S/C18H19N3O/c1-2-14-7-3-5-9-16(14)20-12-11-18(22)21-17-10-6-4-8-15(17)13-19/h3-10,20H,2,11-12H2,1H3,(H,21,22). The van der Waals surface area contributed by atoms with Crippen molar-refractivity contribution in [3.63, 3.8) is 0 Å². The van der Waals surface area contributed by atoms with Gasteiger partial charge >= 0.3 is 0 Å². The van der Waals surface area contributed by atoms with E-state index in [0.29, 0.717) is 24.2 Å². The highest BCUT2D eigenvalue weighted by Gasteiger charge is 2.06. The Balaban J connectivity index is 1.87. The van der Waals surface area contributed by atoms with Gasteiger partial charge in [0.2, 0.25) is 5.91 Å². The van der Waals surface area contributed by atoms with Crippen molar-refractivity contribution in [2.45, 2.75) is 19.8 Å². The van der Waals surface area contributed by atoms with Crippen LogP contribution in [-0.4, -0.2) is 12.5 Å². The highest BCUT2D eigenvalue weighted by atomic mass is 16.1. The van der Waals surface area contributed by atoms with Gasteiger partial charge < -0.3 is 10.6 Å². The van der Waals surface area contributed by atoms with Crippen molar-refractivity contribution in [2.24, 2.45) is 0 Å². The molecular formula is C18H19N3O. The molecule has 4 heteroatoms. The van der Waals surface area contributed by atoms with Gasteiger partial charge in [-0.15, -0.1) is 0 Å². The van der Waals surface area contributed by atoms with Gasteiger partial charge in [0.05, 0.1) is 11.3 Å². The monoisotopic (exact) mass is 293 g/mol. The van der Waals surface area contributed by atoms with Crippen molar-refractivity contribution < 1.29 is 4.79 Å². The van der Waals surface area contributed by atoms with Crippen molar-refractivity contribution in [1.29, 1.82) is 5.26 Å². The van der Waals surface area contributed by atoms with Crippen molar-refractivity contribution >= 4 is 17.3 Å². The van der Waals surface area contributed by atoms with Crippen LogP contribution in [0.25, 0.3) is 0 Å². The third-order valence-electron chi connectivity index (χ3n) is 3.39. The van der Waals surface area contributed by atoms with Crippen LogP contribution in [0.4, 0.5) is 11.4 Å². The minimum atomic E-state index is -0.107. The first-order valence-electron chi connectivity index (χ1n) is 7.35. The van der Waals surface area contributed by atoms with Gasteiger partial charge in [-0.1, -0.05) is 37.3 Å².